The van der Waals surface area contributed by atoms with Crippen molar-refractivity contribution in [2.24, 2.45) is 5.73 Å². The van der Waals surface area contributed by atoms with Gasteiger partial charge in [0.1, 0.15) is 17.8 Å². The number of fused-ring (bicyclic) bond motifs is 2. The molecule has 0 aliphatic carbocycles. The molecule has 0 radical (unpaired) electrons. The van der Waals surface area contributed by atoms with Crippen LogP contribution in [0.4, 0.5) is 0 Å². The van der Waals surface area contributed by atoms with Gasteiger partial charge in [0.2, 0.25) is 11.8 Å². The number of imide groups is 1. The molecule has 3 atom stereocenters. The van der Waals surface area contributed by atoms with Crippen LogP contribution >= 0.6 is 0 Å². The van der Waals surface area contributed by atoms with E-state index in [4.69, 9.17) is 5.73 Å². The molecule has 1 aromatic heterocycles. The second kappa shape index (κ2) is 11.0. The highest BCUT2D eigenvalue weighted by Gasteiger charge is 2.39. The fourth-order valence-electron chi connectivity index (χ4n) is 6.74. The van der Waals surface area contributed by atoms with E-state index in [0.717, 1.165) is 36.0 Å². The number of carbonyl (C=O) groups excluding carboxylic acids is 4. The zero-order valence-corrected chi connectivity index (χ0v) is 24.0. The predicted molar refractivity (Wildman–Crippen MR) is 161 cm³/mol. The second-order valence-corrected chi connectivity index (χ2v) is 11.8. The van der Waals surface area contributed by atoms with E-state index in [-0.39, 0.29) is 30.7 Å². The summed E-state index contributed by atoms with van der Waals surface area (Å²) in [5, 5.41) is 19.2. The number of aliphatic hydroxyl groups is 1. The lowest BCUT2D eigenvalue weighted by atomic mass is 9.90. The Kier molecular flexibility index (Phi) is 6.98. The largest absolute Gasteiger partial charge is 0.374 e. The molecular weight excluding hydrogens is 560 g/mol. The fourth-order valence-corrected chi connectivity index (χ4v) is 6.74. The van der Waals surface area contributed by atoms with Crippen molar-refractivity contribution in [1.29, 1.82) is 0 Å². The van der Waals surface area contributed by atoms with Crippen LogP contribution in [-0.4, -0.2) is 67.4 Å². The third-order valence-corrected chi connectivity index (χ3v) is 9.08. The average Bonchev–Trinajstić information content (AvgIpc) is 3.61. The smallest absolute Gasteiger partial charge is 0.255 e. The monoisotopic (exact) mass is 592 g/mol. The van der Waals surface area contributed by atoms with Gasteiger partial charge in [0.05, 0.1) is 11.3 Å². The number of nitrogens with two attached hydrogens (primary N) is 1. The van der Waals surface area contributed by atoms with E-state index in [1.54, 1.807) is 28.9 Å². The Labute approximate surface area is 253 Å². The summed E-state index contributed by atoms with van der Waals surface area (Å²) in [5.41, 5.74) is 10.5. The molecule has 4 N–H and O–H groups in total. The van der Waals surface area contributed by atoms with Crippen molar-refractivity contribution in [3.8, 4) is 5.69 Å². The number of hydrogen-bond acceptors (Lipinski definition) is 7. The summed E-state index contributed by atoms with van der Waals surface area (Å²) >= 11 is 0. The predicted octanol–water partition coefficient (Wildman–Crippen LogP) is 2.76. The van der Waals surface area contributed by atoms with Crippen LogP contribution in [-0.2, 0) is 16.1 Å². The van der Waals surface area contributed by atoms with E-state index in [9.17, 15) is 24.3 Å². The highest BCUT2D eigenvalue weighted by atomic mass is 16.3. The lowest BCUT2D eigenvalue weighted by Gasteiger charge is -2.36. The van der Waals surface area contributed by atoms with Crippen LogP contribution in [0, 0.1) is 0 Å². The number of rotatable bonds is 6. The molecule has 4 aromatic rings. The molecule has 3 aliphatic heterocycles. The van der Waals surface area contributed by atoms with Crippen molar-refractivity contribution in [2.45, 2.75) is 50.4 Å². The molecule has 7 rings (SSSR count). The van der Waals surface area contributed by atoms with Gasteiger partial charge in [-0.3, -0.25) is 29.4 Å². The third-order valence-electron chi connectivity index (χ3n) is 9.08. The standard InChI is InChI=1S/C33H32N6O5/c34-30(41)26-5-1-3-22-18-39(36-29(22)26)24-9-6-19(7-10-24)21-4-2-14-37(16-21)32(43)20-8-11-25-23(15-20)17-38(33(25)44)27-12-13-28(40)35-31(27)42/h1,3,5-11,15,18,21,27,32,43H,2,4,12-14,16-17H2,(H2,34,41)(H,35,40,42)/t21-,27?,32?/m1/s1. The summed E-state index contributed by atoms with van der Waals surface area (Å²) in [5.74, 6) is -1.27. The van der Waals surface area contributed by atoms with Gasteiger partial charge in [-0.15, -0.1) is 0 Å². The van der Waals surface area contributed by atoms with E-state index in [1.165, 1.54) is 10.5 Å². The summed E-state index contributed by atoms with van der Waals surface area (Å²) in [6.45, 7) is 1.69. The Balaban J connectivity index is 1.04. The maximum atomic E-state index is 13.1. The summed E-state index contributed by atoms with van der Waals surface area (Å²) in [7, 11) is 0. The van der Waals surface area contributed by atoms with E-state index in [1.807, 2.05) is 30.5 Å². The molecule has 2 unspecified atom stereocenters. The van der Waals surface area contributed by atoms with Gasteiger partial charge in [0.25, 0.3) is 11.8 Å². The summed E-state index contributed by atoms with van der Waals surface area (Å²) in [4.78, 5) is 52.4. The van der Waals surface area contributed by atoms with E-state index in [2.05, 4.69) is 27.4 Å². The highest BCUT2D eigenvalue weighted by molar-refractivity contribution is 6.06. The molecular formula is C33H32N6O5. The quantitative estimate of drug-likeness (QED) is 0.291. The fraction of sp³-hybridized carbons (Fsp3) is 0.303. The Hall–Kier alpha value is -4.87. The number of nitrogens with zero attached hydrogens (tertiary/aromatic N) is 4. The number of primary amides is 1. The first-order valence-electron chi connectivity index (χ1n) is 14.8. The second-order valence-electron chi connectivity index (χ2n) is 11.8. The molecule has 4 amide bonds. The Morgan fingerprint density at radius 1 is 1.05 bits per heavy atom. The van der Waals surface area contributed by atoms with Gasteiger partial charge in [-0.1, -0.05) is 30.3 Å². The molecule has 224 valence electrons. The molecule has 3 aromatic carbocycles. The summed E-state index contributed by atoms with van der Waals surface area (Å²) in [6.07, 6.45) is 3.48. The number of benzene rings is 3. The van der Waals surface area contributed by atoms with Crippen molar-refractivity contribution < 1.29 is 24.3 Å². The van der Waals surface area contributed by atoms with Gasteiger partial charge in [-0.25, -0.2) is 4.68 Å². The molecule has 0 bridgehead atoms. The SMILES string of the molecule is NC(=O)c1cccc2cn(-c3ccc([C@@H]4CCCN(C(O)c5ccc6c(c5)CN(C5CCC(=O)NC5=O)C6=O)C4)cc3)nc12. The number of likely N-dealkylation sites (tertiary alicyclic amines) is 1. The minimum absolute atomic E-state index is 0.206. The third kappa shape index (κ3) is 4.93. The number of nitrogens with one attached hydrogen (secondary N) is 1. The van der Waals surface area contributed by atoms with E-state index in [0.29, 0.717) is 35.2 Å². The van der Waals surface area contributed by atoms with Crippen molar-refractivity contribution >= 4 is 34.5 Å². The Morgan fingerprint density at radius 3 is 2.64 bits per heavy atom. The van der Waals surface area contributed by atoms with Gasteiger partial charge in [0.15, 0.2) is 0 Å². The molecule has 2 saturated heterocycles. The van der Waals surface area contributed by atoms with Crippen LogP contribution < -0.4 is 11.1 Å². The molecule has 0 saturated carbocycles. The minimum atomic E-state index is -0.835. The van der Waals surface area contributed by atoms with Crippen LogP contribution in [0.15, 0.2) is 66.9 Å². The topological polar surface area (TPSA) is 151 Å². The normalized spacial score (nSPS) is 21.4. The maximum Gasteiger partial charge on any atom is 0.255 e. The first kappa shape index (κ1) is 27.9. The molecule has 11 heteroatoms. The molecule has 4 heterocycles. The number of aliphatic hydroxyl groups excluding tert-OH is 1. The number of amides is 4. The summed E-state index contributed by atoms with van der Waals surface area (Å²) in [6, 6.07) is 18.2. The molecule has 11 nitrogen and oxygen atoms in total. The van der Waals surface area contributed by atoms with E-state index >= 15 is 0 Å². The van der Waals surface area contributed by atoms with Gasteiger partial charge in [-0.05, 0) is 72.2 Å². The lowest BCUT2D eigenvalue weighted by Crippen LogP contribution is -2.52. The number of hydrogen-bond donors (Lipinski definition) is 3. The molecule has 0 spiro atoms. The molecule has 3 aliphatic rings. The lowest BCUT2D eigenvalue weighted by molar-refractivity contribution is -0.136. The zero-order valence-electron chi connectivity index (χ0n) is 24.0. The first-order chi connectivity index (χ1) is 21.3. The number of carbonyl (C=O) groups is 4. The average molecular weight is 593 g/mol. The van der Waals surface area contributed by atoms with Gasteiger partial charge < -0.3 is 15.7 Å². The zero-order chi connectivity index (χ0) is 30.5. The van der Waals surface area contributed by atoms with Crippen LogP contribution in [0.1, 0.15) is 75.2 Å². The highest BCUT2D eigenvalue weighted by Crippen LogP contribution is 2.34. The van der Waals surface area contributed by atoms with Crippen LogP contribution in [0.2, 0.25) is 0 Å². The Morgan fingerprint density at radius 2 is 1.86 bits per heavy atom. The van der Waals surface area contributed by atoms with Gasteiger partial charge in [0, 0.05) is 43.2 Å². The van der Waals surface area contributed by atoms with Crippen molar-refractivity contribution in [1.82, 2.24) is 24.9 Å². The number of aromatic nitrogens is 2. The Bertz CT molecular complexity index is 1820. The minimum Gasteiger partial charge on any atom is -0.374 e. The van der Waals surface area contributed by atoms with Crippen molar-refractivity contribution in [2.75, 3.05) is 13.1 Å². The van der Waals surface area contributed by atoms with Crippen LogP contribution in [0.5, 0.6) is 0 Å². The van der Waals surface area contributed by atoms with Gasteiger partial charge in [-0.2, -0.15) is 5.10 Å². The summed E-state index contributed by atoms with van der Waals surface area (Å²) < 4.78 is 1.75. The van der Waals surface area contributed by atoms with Gasteiger partial charge >= 0.3 is 0 Å². The van der Waals surface area contributed by atoms with Crippen LogP contribution in [0.3, 0.4) is 0 Å². The molecule has 44 heavy (non-hydrogen) atoms. The van der Waals surface area contributed by atoms with Crippen molar-refractivity contribution in [3.05, 3.63) is 94.7 Å². The number of piperidine rings is 2. The van der Waals surface area contributed by atoms with Crippen LogP contribution in [0.25, 0.3) is 16.6 Å². The maximum absolute atomic E-state index is 13.1. The van der Waals surface area contributed by atoms with Crippen molar-refractivity contribution in [3.63, 3.8) is 0 Å². The molecule has 2 fully saturated rings. The van der Waals surface area contributed by atoms with E-state index < -0.39 is 24.1 Å². The first-order valence-corrected chi connectivity index (χ1v) is 14.8.